The number of benzene rings is 2. The summed E-state index contributed by atoms with van der Waals surface area (Å²) in [6.07, 6.45) is 1.49. The minimum atomic E-state index is -0.576. The highest BCUT2D eigenvalue weighted by atomic mass is 16.6. The molecular weight excluding hydrogens is 446 g/mol. The molecule has 2 heterocycles. The number of nitrogens with one attached hydrogen (secondary N) is 1. The number of nitrogen functional groups attached to an aromatic ring is 1. The lowest BCUT2D eigenvalue weighted by molar-refractivity contribution is 0.0290. The second-order valence-electron chi connectivity index (χ2n) is 9.31. The fourth-order valence-corrected chi connectivity index (χ4v) is 3.79. The van der Waals surface area contributed by atoms with E-state index in [0.29, 0.717) is 36.4 Å². The Kier molecular flexibility index (Phi) is 6.86. The predicted octanol–water partition coefficient (Wildman–Crippen LogP) is 4.26. The smallest absolute Gasteiger partial charge is 0.410 e. The van der Waals surface area contributed by atoms with E-state index in [1.807, 2.05) is 63.2 Å². The van der Waals surface area contributed by atoms with Gasteiger partial charge in [-0.1, -0.05) is 30.3 Å². The summed E-state index contributed by atoms with van der Waals surface area (Å²) >= 11 is 0. The van der Waals surface area contributed by atoms with E-state index in [4.69, 9.17) is 15.2 Å². The van der Waals surface area contributed by atoms with Crippen molar-refractivity contribution < 1.29 is 19.1 Å². The molecule has 1 aliphatic rings. The molecule has 0 bridgehead atoms. The van der Waals surface area contributed by atoms with Crippen molar-refractivity contribution in [1.82, 2.24) is 20.2 Å². The number of ether oxygens (including phenoxy) is 2. The molecular formula is C26H29N5O4. The van der Waals surface area contributed by atoms with E-state index in [9.17, 15) is 9.59 Å². The molecule has 0 unspecified atom stereocenters. The van der Waals surface area contributed by atoms with E-state index >= 15 is 0 Å². The molecule has 1 aromatic heterocycles. The summed E-state index contributed by atoms with van der Waals surface area (Å²) in [6.45, 7) is 6.33. The van der Waals surface area contributed by atoms with Crippen LogP contribution in [0.4, 0.5) is 10.6 Å². The van der Waals surface area contributed by atoms with Crippen LogP contribution in [0.1, 0.15) is 37.7 Å². The number of hydrogen-bond acceptors (Lipinski definition) is 7. The SMILES string of the molecule is CC(C)(C)OC(=O)N1CC[C@H](NC(=O)c2ncnc(N)c2-c2ccc(Oc3ccccc3)cc2)C1. The Morgan fingerprint density at radius 2 is 1.71 bits per heavy atom. The van der Waals surface area contributed by atoms with Crippen LogP contribution in [0.25, 0.3) is 11.1 Å². The van der Waals surface area contributed by atoms with Crippen LogP contribution in [0.5, 0.6) is 11.5 Å². The molecule has 2 amide bonds. The Bertz CT molecular complexity index is 1190. The molecule has 3 N–H and O–H groups in total. The number of para-hydroxylation sites is 1. The maximum atomic E-state index is 13.1. The maximum absolute atomic E-state index is 13.1. The first-order valence-electron chi connectivity index (χ1n) is 11.4. The highest BCUT2D eigenvalue weighted by molar-refractivity contribution is 6.01. The van der Waals surface area contributed by atoms with Gasteiger partial charge in [0.2, 0.25) is 0 Å². The number of nitrogens with zero attached hydrogens (tertiary/aromatic N) is 3. The van der Waals surface area contributed by atoms with Gasteiger partial charge >= 0.3 is 6.09 Å². The summed E-state index contributed by atoms with van der Waals surface area (Å²) in [5.74, 6) is 1.19. The van der Waals surface area contributed by atoms with Crippen LogP contribution in [0, 0.1) is 0 Å². The summed E-state index contributed by atoms with van der Waals surface area (Å²) in [5, 5.41) is 2.97. The topological polar surface area (TPSA) is 120 Å². The van der Waals surface area contributed by atoms with E-state index in [0.717, 1.165) is 5.75 Å². The number of rotatable bonds is 5. The average Bonchev–Trinajstić information content (AvgIpc) is 3.28. The van der Waals surface area contributed by atoms with Crippen molar-refractivity contribution in [2.75, 3.05) is 18.8 Å². The number of nitrogens with two attached hydrogens (primary N) is 1. The van der Waals surface area contributed by atoms with Gasteiger partial charge in [-0.15, -0.1) is 0 Å². The quantitative estimate of drug-likeness (QED) is 0.566. The van der Waals surface area contributed by atoms with Crippen molar-refractivity contribution in [1.29, 1.82) is 0 Å². The van der Waals surface area contributed by atoms with E-state index in [1.54, 1.807) is 17.0 Å². The van der Waals surface area contributed by atoms with Crippen molar-refractivity contribution in [2.24, 2.45) is 0 Å². The molecule has 35 heavy (non-hydrogen) atoms. The number of amides is 2. The third-order valence-electron chi connectivity index (χ3n) is 5.39. The average molecular weight is 476 g/mol. The zero-order valence-corrected chi connectivity index (χ0v) is 20.0. The van der Waals surface area contributed by atoms with E-state index in [-0.39, 0.29) is 29.6 Å². The lowest BCUT2D eigenvalue weighted by Gasteiger charge is -2.24. The van der Waals surface area contributed by atoms with Crippen LogP contribution >= 0.6 is 0 Å². The molecule has 182 valence electrons. The molecule has 0 radical (unpaired) electrons. The van der Waals surface area contributed by atoms with Crippen LogP contribution in [-0.2, 0) is 4.74 Å². The van der Waals surface area contributed by atoms with Gasteiger partial charge in [-0.3, -0.25) is 4.79 Å². The summed E-state index contributed by atoms with van der Waals surface area (Å²) < 4.78 is 11.3. The number of likely N-dealkylation sites (tertiary alicyclic amines) is 1. The van der Waals surface area contributed by atoms with E-state index < -0.39 is 5.60 Å². The highest BCUT2D eigenvalue weighted by Gasteiger charge is 2.31. The van der Waals surface area contributed by atoms with Crippen LogP contribution in [0.2, 0.25) is 0 Å². The van der Waals surface area contributed by atoms with Crippen LogP contribution in [0.3, 0.4) is 0 Å². The molecule has 0 saturated carbocycles. The Morgan fingerprint density at radius 1 is 1.03 bits per heavy atom. The number of carbonyl (C=O) groups is 2. The van der Waals surface area contributed by atoms with Crippen LogP contribution in [0.15, 0.2) is 60.9 Å². The zero-order valence-electron chi connectivity index (χ0n) is 20.0. The Labute approximate surface area is 204 Å². The van der Waals surface area contributed by atoms with Gasteiger partial charge in [0.15, 0.2) is 0 Å². The first-order valence-corrected chi connectivity index (χ1v) is 11.4. The standard InChI is InChI=1S/C26H29N5O4/c1-26(2,3)35-25(33)31-14-13-18(15-31)30-24(32)22-21(23(27)29-16-28-22)17-9-11-20(12-10-17)34-19-7-5-4-6-8-19/h4-12,16,18H,13-15H2,1-3H3,(H,30,32)(H2,27,28,29)/t18-/m0/s1. The molecule has 4 rings (SSSR count). The summed E-state index contributed by atoms with van der Waals surface area (Å²) in [5.41, 5.74) is 6.88. The van der Waals surface area contributed by atoms with Crippen molar-refractivity contribution in [2.45, 2.75) is 38.8 Å². The summed E-state index contributed by atoms with van der Waals surface area (Å²) in [4.78, 5) is 35.4. The zero-order chi connectivity index (χ0) is 25.0. The normalized spacial score (nSPS) is 15.5. The Balaban J connectivity index is 1.47. The van der Waals surface area contributed by atoms with Crippen molar-refractivity contribution in [3.05, 3.63) is 66.6 Å². The molecule has 1 atom stereocenters. The maximum Gasteiger partial charge on any atom is 0.410 e. The summed E-state index contributed by atoms with van der Waals surface area (Å²) in [6, 6.07) is 16.4. The molecule has 0 spiro atoms. The van der Waals surface area contributed by atoms with Gasteiger partial charge < -0.3 is 25.4 Å². The predicted molar refractivity (Wildman–Crippen MR) is 132 cm³/mol. The summed E-state index contributed by atoms with van der Waals surface area (Å²) in [7, 11) is 0. The van der Waals surface area contributed by atoms with Crippen molar-refractivity contribution in [3.8, 4) is 22.6 Å². The van der Waals surface area contributed by atoms with Gasteiger partial charge in [0.25, 0.3) is 5.91 Å². The number of anilines is 1. The van der Waals surface area contributed by atoms with Crippen molar-refractivity contribution in [3.63, 3.8) is 0 Å². The van der Waals surface area contributed by atoms with E-state index in [1.165, 1.54) is 6.33 Å². The molecule has 9 nitrogen and oxygen atoms in total. The lowest BCUT2D eigenvalue weighted by atomic mass is 10.0. The molecule has 0 aliphatic carbocycles. The molecule has 1 fully saturated rings. The second kappa shape index (κ2) is 10.0. The third kappa shape index (κ3) is 6.06. The molecule has 1 aliphatic heterocycles. The van der Waals surface area contributed by atoms with Gasteiger partial charge in [0, 0.05) is 19.1 Å². The molecule has 1 saturated heterocycles. The van der Waals surface area contributed by atoms with Crippen LogP contribution < -0.4 is 15.8 Å². The van der Waals surface area contributed by atoms with Gasteiger partial charge in [-0.2, -0.15) is 0 Å². The minimum Gasteiger partial charge on any atom is -0.457 e. The lowest BCUT2D eigenvalue weighted by Crippen LogP contribution is -2.40. The van der Waals surface area contributed by atoms with Crippen molar-refractivity contribution >= 4 is 17.8 Å². The number of aromatic nitrogens is 2. The minimum absolute atomic E-state index is 0.171. The molecule has 3 aromatic rings. The monoisotopic (exact) mass is 475 g/mol. The fraction of sp³-hybridized carbons (Fsp3) is 0.308. The number of hydrogen-bond donors (Lipinski definition) is 2. The highest BCUT2D eigenvalue weighted by Crippen LogP contribution is 2.30. The van der Waals surface area contributed by atoms with Gasteiger partial charge in [-0.05, 0) is 57.0 Å². The second-order valence-corrected chi connectivity index (χ2v) is 9.31. The first-order chi connectivity index (χ1) is 16.7. The van der Waals surface area contributed by atoms with Gasteiger partial charge in [-0.25, -0.2) is 14.8 Å². The molecule has 2 aromatic carbocycles. The largest absolute Gasteiger partial charge is 0.457 e. The van der Waals surface area contributed by atoms with Gasteiger partial charge in [0.1, 0.15) is 34.9 Å². The fourth-order valence-electron chi connectivity index (χ4n) is 3.79. The molecule has 9 heteroatoms. The first kappa shape index (κ1) is 24.0. The third-order valence-corrected chi connectivity index (χ3v) is 5.39. The Hall–Kier alpha value is -4.14. The van der Waals surface area contributed by atoms with Gasteiger partial charge in [0.05, 0.1) is 5.56 Å². The Morgan fingerprint density at radius 3 is 2.40 bits per heavy atom. The van der Waals surface area contributed by atoms with Crippen LogP contribution in [-0.4, -0.2) is 51.6 Å². The van der Waals surface area contributed by atoms with E-state index in [2.05, 4.69) is 15.3 Å². The number of carbonyl (C=O) groups excluding carboxylic acids is 2.